The smallest absolute Gasteiger partial charge is 0.141 e. The molecule has 0 spiro atoms. The van der Waals surface area contributed by atoms with E-state index in [2.05, 4.69) is 127 Å². The predicted octanol–water partition coefficient (Wildman–Crippen LogP) is 9.35. The monoisotopic (exact) mass is 564 g/mol. The van der Waals surface area contributed by atoms with Gasteiger partial charge < -0.3 is 19.0 Å². The van der Waals surface area contributed by atoms with Crippen LogP contribution in [0.5, 0.6) is 11.5 Å². The molecule has 1 aliphatic rings. The van der Waals surface area contributed by atoms with Gasteiger partial charge in [-0.2, -0.15) is 0 Å². The summed E-state index contributed by atoms with van der Waals surface area (Å²) < 4.78 is 15.4. The van der Waals surface area contributed by atoms with E-state index in [0.29, 0.717) is 0 Å². The van der Waals surface area contributed by atoms with Crippen LogP contribution in [0.1, 0.15) is 26.3 Å². The maximum absolute atomic E-state index is 6.80. The summed E-state index contributed by atoms with van der Waals surface area (Å²) in [6.07, 6.45) is 6.06. The first-order valence-corrected chi connectivity index (χ1v) is 14.6. The average Bonchev–Trinajstić information content (AvgIpc) is 3.70. The maximum atomic E-state index is 6.80. The number of pyridine rings is 1. The number of para-hydroxylation sites is 2. The van der Waals surface area contributed by atoms with Gasteiger partial charge in [0.05, 0.1) is 23.1 Å². The summed E-state index contributed by atoms with van der Waals surface area (Å²) in [7, 11) is 2.06. The van der Waals surface area contributed by atoms with Crippen LogP contribution in [0.3, 0.4) is 0 Å². The van der Waals surface area contributed by atoms with Gasteiger partial charge in [-0.15, -0.1) is 0 Å². The molecule has 8 rings (SSSR count). The summed E-state index contributed by atoms with van der Waals surface area (Å²) in [6.45, 7) is 7.45. The van der Waals surface area contributed by atoms with E-state index >= 15 is 0 Å². The molecule has 0 radical (unpaired) electrons. The fourth-order valence-electron chi connectivity index (χ4n) is 6.14. The number of hydrogen-bond donors (Lipinski definition) is 0. The minimum atomic E-state index is 0.00775. The number of benzene rings is 4. The molecule has 0 aliphatic carbocycles. The molecule has 6 heteroatoms. The van der Waals surface area contributed by atoms with E-state index in [0.717, 1.165) is 68.0 Å². The number of anilines is 1. The van der Waals surface area contributed by atoms with E-state index in [-0.39, 0.29) is 5.41 Å². The minimum Gasteiger partial charge on any atom is -0.456 e. The highest BCUT2D eigenvalue weighted by Gasteiger charge is 2.21. The fourth-order valence-corrected chi connectivity index (χ4v) is 6.14. The van der Waals surface area contributed by atoms with Gasteiger partial charge in [-0.05, 0) is 47.4 Å². The molecule has 43 heavy (non-hydrogen) atoms. The minimum absolute atomic E-state index is 0.00775. The third-order valence-electron chi connectivity index (χ3n) is 8.35. The lowest BCUT2D eigenvalue weighted by atomic mass is 9.88. The van der Waals surface area contributed by atoms with Gasteiger partial charge in [0.2, 0.25) is 0 Å². The second-order valence-electron chi connectivity index (χ2n) is 12.4. The molecule has 0 fully saturated rings. The first kappa shape index (κ1) is 25.5. The van der Waals surface area contributed by atoms with Gasteiger partial charge in [-0.3, -0.25) is 4.57 Å². The molecular weight excluding hydrogens is 532 g/mol. The third-order valence-corrected chi connectivity index (χ3v) is 8.35. The zero-order valence-electron chi connectivity index (χ0n) is 24.7. The molecule has 0 unspecified atom stereocenters. The van der Waals surface area contributed by atoms with Crippen LogP contribution in [-0.4, -0.2) is 28.2 Å². The highest BCUT2D eigenvalue weighted by Crippen LogP contribution is 2.42. The third kappa shape index (κ3) is 4.21. The molecule has 212 valence electrons. The Morgan fingerprint density at radius 2 is 1.56 bits per heavy atom. The van der Waals surface area contributed by atoms with Crippen molar-refractivity contribution in [2.75, 3.05) is 18.6 Å². The Bertz CT molecular complexity index is 2220. The summed E-state index contributed by atoms with van der Waals surface area (Å²) in [4.78, 5) is 9.16. The summed E-state index contributed by atoms with van der Waals surface area (Å²) in [6, 6.07) is 31.5. The number of rotatable bonds is 4. The van der Waals surface area contributed by atoms with E-state index in [4.69, 9.17) is 14.1 Å². The van der Waals surface area contributed by atoms with Crippen molar-refractivity contribution >= 4 is 49.4 Å². The molecule has 7 aromatic rings. The molecule has 0 saturated heterocycles. The average molecular weight is 565 g/mol. The Labute approximate surface area is 250 Å². The standard InChI is InChI=1S/C37H32N4O2/c1-37(2,3)24-15-16-38-35(19-24)41-30-11-7-5-9-27(30)28-14-13-26(22-31(28)41)42-33-20-25(40-18-17-39(4)23-40)21-34-36(33)29-10-6-8-12-32(29)43-34/h5-22H,23H2,1-4H3. The van der Waals surface area contributed by atoms with Crippen LogP contribution in [0.15, 0.2) is 114 Å². The molecule has 0 bridgehead atoms. The normalized spacial score (nSPS) is 13.8. The Kier molecular flexibility index (Phi) is 5.57. The Hall–Kier alpha value is -5.23. The van der Waals surface area contributed by atoms with Gasteiger partial charge in [0, 0.05) is 65.7 Å². The molecule has 4 heterocycles. The largest absolute Gasteiger partial charge is 0.456 e. The van der Waals surface area contributed by atoms with Crippen molar-refractivity contribution in [3.8, 4) is 17.3 Å². The summed E-state index contributed by atoms with van der Waals surface area (Å²) >= 11 is 0. The van der Waals surface area contributed by atoms with Crippen molar-refractivity contribution in [2.24, 2.45) is 0 Å². The van der Waals surface area contributed by atoms with Crippen LogP contribution >= 0.6 is 0 Å². The molecule has 1 aliphatic heterocycles. The summed E-state index contributed by atoms with van der Waals surface area (Å²) in [5.74, 6) is 2.41. The van der Waals surface area contributed by atoms with Crippen LogP contribution in [0, 0.1) is 0 Å². The number of ether oxygens (including phenoxy) is 1. The molecule has 3 aromatic heterocycles. The predicted molar refractivity (Wildman–Crippen MR) is 175 cm³/mol. The van der Waals surface area contributed by atoms with Crippen molar-refractivity contribution in [2.45, 2.75) is 26.2 Å². The number of furan rings is 1. The zero-order valence-corrected chi connectivity index (χ0v) is 24.7. The first-order chi connectivity index (χ1) is 20.8. The highest BCUT2D eigenvalue weighted by atomic mass is 16.5. The number of hydrogen-bond acceptors (Lipinski definition) is 5. The van der Waals surface area contributed by atoms with Crippen molar-refractivity contribution < 1.29 is 9.15 Å². The molecule has 0 N–H and O–H groups in total. The van der Waals surface area contributed by atoms with Gasteiger partial charge in [0.25, 0.3) is 0 Å². The van der Waals surface area contributed by atoms with Crippen molar-refractivity contribution in [1.82, 2.24) is 14.5 Å². The summed E-state index contributed by atoms with van der Waals surface area (Å²) in [5.41, 5.74) is 6.07. The molecule has 0 saturated carbocycles. The van der Waals surface area contributed by atoms with Gasteiger partial charge >= 0.3 is 0 Å². The SMILES string of the molecule is CN1C=CN(c2cc(Oc3ccc4c5ccccc5n(-c5cc(C(C)(C)C)ccn5)c4c3)c3c(c2)oc2ccccc23)C1. The van der Waals surface area contributed by atoms with E-state index in [1.807, 2.05) is 24.4 Å². The van der Waals surface area contributed by atoms with E-state index in [9.17, 15) is 0 Å². The van der Waals surface area contributed by atoms with Crippen LogP contribution in [0.25, 0.3) is 49.6 Å². The molecule has 6 nitrogen and oxygen atoms in total. The fraction of sp³-hybridized carbons (Fsp3) is 0.162. The van der Waals surface area contributed by atoms with Gasteiger partial charge in [0.15, 0.2) is 0 Å². The van der Waals surface area contributed by atoms with E-state index < -0.39 is 0 Å². The van der Waals surface area contributed by atoms with Crippen LogP contribution < -0.4 is 9.64 Å². The molecular formula is C37H32N4O2. The van der Waals surface area contributed by atoms with Gasteiger partial charge in [-0.1, -0.05) is 57.2 Å². The summed E-state index contributed by atoms with van der Waals surface area (Å²) in [5, 5.41) is 4.34. The van der Waals surface area contributed by atoms with Gasteiger partial charge in [-0.25, -0.2) is 4.98 Å². The van der Waals surface area contributed by atoms with Crippen molar-refractivity contribution in [1.29, 1.82) is 0 Å². The lowest BCUT2D eigenvalue weighted by Crippen LogP contribution is -2.21. The number of fused-ring (bicyclic) bond motifs is 6. The van der Waals surface area contributed by atoms with Gasteiger partial charge in [0.1, 0.15) is 28.5 Å². The quantitative estimate of drug-likeness (QED) is 0.213. The second-order valence-corrected chi connectivity index (χ2v) is 12.4. The maximum Gasteiger partial charge on any atom is 0.141 e. The first-order valence-electron chi connectivity index (χ1n) is 14.6. The lowest BCUT2D eigenvalue weighted by molar-refractivity contribution is 0.486. The van der Waals surface area contributed by atoms with Crippen LogP contribution in [0.4, 0.5) is 5.69 Å². The zero-order chi connectivity index (χ0) is 29.3. The number of aromatic nitrogens is 2. The van der Waals surface area contributed by atoms with Crippen LogP contribution in [0.2, 0.25) is 0 Å². The second kappa shape index (κ2) is 9.39. The van der Waals surface area contributed by atoms with E-state index in [1.165, 1.54) is 10.9 Å². The topological polar surface area (TPSA) is 46.7 Å². The van der Waals surface area contributed by atoms with Crippen molar-refractivity contribution in [3.63, 3.8) is 0 Å². The highest BCUT2D eigenvalue weighted by molar-refractivity contribution is 6.11. The Morgan fingerprint density at radius 1 is 0.767 bits per heavy atom. The molecule has 0 amide bonds. The molecule has 4 aromatic carbocycles. The Balaban J connectivity index is 1.32. The van der Waals surface area contributed by atoms with Crippen LogP contribution in [-0.2, 0) is 5.41 Å². The molecule has 0 atom stereocenters. The van der Waals surface area contributed by atoms with E-state index in [1.54, 1.807) is 0 Å². The number of nitrogens with zero attached hydrogens (tertiary/aromatic N) is 4. The lowest BCUT2D eigenvalue weighted by Gasteiger charge is -2.20. The Morgan fingerprint density at radius 3 is 2.37 bits per heavy atom. The van der Waals surface area contributed by atoms with Crippen molar-refractivity contribution in [3.05, 3.63) is 115 Å².